The maximum Gasteiger partial charge on any atom is 0.408 e. The largest absolute Gasteiger partial charge is 0.444 e. The number of benzene rings is 1. The van der Waals surface area contributed by atoms with E-state index in [1.165, 1.54) is 0 Å². The number of carbonyl (C=O) groups is 3. The Morgan fingerprint density at radius 3 is 1.97 bits per heavy atom. The van der Waals surface area contributed by atoms with Gasteiger partial charge in [-0.2, -0.15) is 0 Å². The fraction of sp³-hybridized carbons (Fsp3) is 0.667. The van der Waals surface area contributed by atoms with E-state index in [0.29, 0.717) is 0 Å². The molecule has 1 saturated carbocycles. The Hall–Kier alpha value is -2.57. The van der Waals surface area contributed by atoms with Gasteiger partial charge in [-0.3, -0.25) is 9.59 Å². The molecule has 1 aromatic rings. The average Bonchev–Trinajstić information content (AvgIpc) is 2.62. The van der Waals surface area contributed by atoms with Gasteiger partial charge in [0.1, 0.15) is 17.7 Å². The lowest BCUT2D eigenvalue weighted by molar-refractivity contribution is -0.148. The minimum absolute atomic E-state index is 0.0637. The first-order valence-corrected chi connectivity index (χ1v) is 12.3. The van der Waals surface area contributed by atoms with Crippen molar-refractivity contribution in [3.05, 3.63) is 35.4 Å². The highest BCUT2D eigenvalue weighted by molar-refractivity contribution is 5.92. The van der Waals surface area contributed by atoms with E-state index in [-0.39, 0.29) is 23.8 Å². The van der Waals surface area contributed by atoms with E-state index in [2.05, 4.69) is 10.6 Å². The number of nitrogens with one attached hydrogen (secondary N) is 2. The molecular weight excluding hydrogens is 430 g/mol. The first kappa shape index (κ1) is 27.7. The maximum absolute atomic E-state index is 14.0. The van der Waals surface area contributed by atoms with Gasteiger partial charge in [-0.05, 0) is 79.2 Å². The number of rotatable bonds is 7. The van der Waals surface area contributed by atoms with E-state index in [1.807, 2.05) is 65.8 Å². The predicted molar refractivity (Wildman–Crippen MR) is 134 cm³/mol. The highest BCUT2D eigenvalue weighted by Crippen LogP contribution is 2.34. The van der Waals surface area contributed by atoms with Crippen molar-refractivity contribution in [1.82, 2.24) is 15.5 Å². The molecule has 0 radical (unpaired) electrons. The van der Waals surface area contributed by atoms with Crippen molar-refractivity contribution < 1.29 is 19.1 Å². The van der Waals surface area contributed by atoms with Crippen molar-refractivity contribution in [2.45, 2.75) is 111 Å². The topological polar surface area (TPSA) is 87.7 Å². The third kappa shape index (κ3) is 7.74. The third-order valence-electron chi connectivity index (χ3n) is 5.75. The van der Waals surface area contributed by atoms with Crippen LogP contribution in [-0.4, -0.2) is 46.0 Å². The van der Waals surface area contributed by atoms with Gasteiger partial charge in [-0.15, -0.1) is 0 Å². The maximum atomic E-state index is 14.0. The fourth-order valence-electron chi connectivity index (χ4n) is 3.92. The van der Waals surface area contributed by atoms with Gasteiger partial charge in [0.25, 0.3) is 0 Å². The molecule has 0 spiro atoms. The smallest absolute Gasteiger partial charge is 0.408 e. The van der Waals surface area contributed by atoms with Gasteiger partial charge in [0.15, 0.2) is 0 Å². The van der Waals surface area contributed by atoms with E-state index in [4.69, 9.17) is 4.74 Å². The minimum atomic E-state index is -0.814. The Kier molecular flexibility index (Phi) is 8.78. The summed E-state index contributed by atoms with van der Waals surface area (Å²) in [7, 11) is 0. The zero-order valence-corrected chi connectivity index (χ0v) is 22.3. The Morgan fingerprint density at radius 2 is 1.56 bits per heavy atom. The van der Waals surface area contributed by atoms with E-state index in [9.17, 15) is 14.4 Å². The Labute approximate surface area is 205 Å². The number of hydrogen-bond donors (Lipinski definition) is 2. The summed E-state index contributed by atoms with van der Waals surface area (Å²) in [5.41, 5.74) is 0.694. The van der Waals surface area contributed by atoms with Gasteiger partial charge in [0.2, 0.25) is 11.8 Å². The monoisotopic (exact) mass is 473 g/mol. The first-order chi connectivity index (χ1) is 15.6. The molecule has 2 unspecified atom stereocenters. The molecule has 1 aromatic carbocycles. The molecule has 3 amide bonds. The lowest BCUT2D eigenvalue weighted by atomic mass is 9.87. The molecule has 190 valence electrons. The van der Waals surface area contributed by atoms with Crippen LogP contribution in [0.3, 0.4) is 0 Å². The van der Waals surface area contributed by atoms with Crippen LogP contribution in [0.15, 0.2) is 24.3 Å². The number of nitrogens with zero attached hydrogens (tertiary/aromatic N) is 1. The first-order valence-electron chi connectivity index (χ1n) is 12.3. The number of hydrogen-bond acceptors (Lipinski definition) is 4. The van der Waals surface area contributed by atoms with Crippen molar-refractivity contribution in [1.29, 1.82) is 0 Å². The number of aryl methyl sites for hydroxylation is 1. The average molecular weight is 474 g/mol. The summed E-state index contributed by atoms with van der Waals surface area (Å²) in [5.74, 6) is -0.677. The van der Waals surface area contributed by atoms with E-state index >= 15 is 0 Å². The van der Waals surface area contributed by atoms with Gasteiger partial charge < -0.3 is 20.3 Å². The second-order valence-electron chi connectivity index (χ2n) is 11.8. The van der Waals surface area contributed by atoms with Gasteiger partial charge >= 0.3 is 6.09 Å². The second-order valence-corrected chi connectivity index (χ2v) is 11.8. The van der Waals surface area contributed by atoms with E-state index in [1.54, 1.807) is 25.7 Å². The summed E-state index contributed by atoms with van der Waals surface area (Å²) in [4.78, 5) is 41.9. The van der Waals surface area contributed by atoms with Crippen LogP contribution in [0.5, 0.6) is 0 Å². The molecule has 34 heavy (non-hydrogen) atoms. The summed E-state index contributed by atoms with van der Waals surface area (Å²) in [6, 6.07) is 6.06. The third-order valence-corrected chi connectivity index (χ3v) is 5.75. The van der Waals surface area contributed by atoms with Crippen molar-refractivity contribution >= 4 is 17.9 Å². The molecule has 2 rings (SSSR count). The summed E-state index contributed by atoms with van der Waals surface area (Å²) in [6.07, 6.45) is 2.02. The van der Waals surface area contributed by atoms with E-state index < -0.39 is 29.3 Å². The number of ether oxygens (including phenoxy) is 1. The normalized spacial score (nSPS) is 16.3. The van der Waals surface area contributed by atoms with Gasteiger partial charge in [-0.1, -0.05) is 43.7 Å². The quantitative estimate of drug-likeness (QED) is 0.591. The van der Waals surface area contributed by atoms with Crippen LogP contribution < -0.4 is 10.6 Å². The second kappa shape index (κ2) is 10.8. The van der Waals surface area contributed by atoms with Crippen LogP contribution >= 0.6 is 0 Å². The summed E-state index contributed by atoms with van der Waals surface area (Å²) in [5, 5.41) is 5.84. The van der Waals surface area contributed by atoms with Crippen molar-refractivity contribution in [3.63, 3.8) is 0 Å². The molecule has 0 bridgehead atoms. The van der Waals surface area contributed by atoms with Crippen molar-refractivity contribution in [2.24, 2.45) is 5.92 Å². The van der Waals surface area contributed by atoms with Crippen molar-refractivity contribution in [2.75, 3.05) is 0 Å². The molecule has 1 aliphatic rings. The van der Waals surface area contributed by atoms with Crippen LogP contribution in [0.25, 0.3) is 0 Å². The van der Waals surface area contributed by atoms with Gasteiger partial charge in [-0.25, -0.2) is 4.79 Å². The molecule has 7 nitrogen and oxygen atoms in total. The molecular formula is C27H43N3O4. The van der Waals surface area contributed by atoms with Crippen molar-refractivity contribution in [3.8, 4) is 0 Å². The molecule has 0 saturated heterocycles. The molecule has 1 aliphatic carbocycles. The van der Waals surface area contributed by atoms with Crippen LogP contribution in [0.1, 0.15) is 91.8 Å². The Balaban J connectivity index is 2.48. The van der Waals surface area contributed by atoms with Crippen LogP contribution in [0.4, 0.5) is 4.79 Å². The fourth-order valence-corrected chi connectivity index (χ4v) is 3.92. The Morgan fingerprint density at radius 1 is 1.00 bits per heavy atom. The number of carbonyl (C=O) groups excluding carboxylic acids is 3. The Bertz CT molecular complexity index is 861. The highest BCUT2D eigenvalue weighted by Gasteiger charge is 2.43. The molecule has 2 N–H and O–H groups in total. The standard InChI is InChI=1S/C27H43N3O4/c1-17(2)21(28-25(33)34-27(7,8)9)24(32)30(20-11-10-12-20)22(23(31)29-26(4,5)6)19-15-13-18(3)14-16-19/h13-17,20-22H,10-12H2,1-9H3,(H,28,33)(H,29,31). The summed E-state index contributed by atoms with van der Waals surface area (Å²) in [6.45, 7) is 16.9. The highest BCUT2D eigenvalue weighted by atomic mass is 16.6. The number of amides is 3. The molecule has 0 aromatic heterocycles. The van der Waals surface area contributed by atoms with Crippen LogP contribution in [-0.2, 0) is 14.3 Å². The zero-order chi connectivity index (χ0) is 25.8. The summed E-state index contributed by atoms with van der Waals surface area (Å²) < 4.78 is 5.42. The zero-order valence-electron chi connectivity index (χ0n) is 22.3. The van der Waals surface area contributed by atoms with Gasteiger partial charge in [0, 0.05) is 11.6 Å². The van der Waals surface area contributed by atoms with E-state index in [0.717, 1.165) is 30.4 Å². The minimum Gasteiger partial charge on any atom is -0.444 e. The predicted octanol–water partition coefficient (Wildman–Crippen LogP) is 4.88. The lowest BCUT2D eigenvalue weighted by Gasteiger charge is -2.44. The number of alkyl carbamates (subject to hydrolysis) is 1. The molecule has 0 aliphatic heterocycles. The molecule has 1 fully saturated rings. The lowest BCUT2D eigenvalue weighted by Crippen LogP contribution is -2.59. The SMILES string of the molecule is Cc1ccc(C(C(=O)NC(C)(C)C)N(C(=O)C(NC(=O)OC(C)(C)C)C(C)C)C2CCC2)cc1. The van der Waals surface area contributed by atoms with Crippen LogP contribution in [0.2, 0.25) is 0 Å². The molecule has 2 atom stereocenters. The molecule has 0 heterocycles. The molecule has 7 heteroatoms. The van der Waals surface area contributed by atoms with Gasteiger partial charge in [0.05, 0.1) is 0 Å². The summed E-state index contributed by atoms with van der Waals surface area (Å²) >= 11 is 0. The van der Waals surface area contributed by atoms with Crippen LogP contribution in [0, 0.1) is 12.8 Å².